The largest absolute Gasteiger partial charge is 0.361 e. The normalized spacial score (nSPS) is 12.2. The molecular weight excluding hydrogens is 328 g/mol. The number of aromatic nitrogens is 3. The van der Waals surface area contributed by atoms with Crippen LogP contribution < -0.4 is 5.32 Å². The highest BCUT2D eigenvalue weighted by molar-refractivity contribution is 7.15. The fourth-order valence-electron chi connectivity index (χ4n) is 2.35. The van der Waals surface area contributed by atoms with Crippen molar-refractivity contribution >= 4 is 28.8 Å². The molecule has 6 heteroatoms. The number of anilines is 1. The van der Waals surface area contributed by atoms with Crippen molar-refractivity contribution in [3.05, 3.63) is 57.9 Å². The lowest BCUT2D eigenvalue weighted by atomic mass is 10.2. The van der Waals surface area contributed by atoms with Gasteiger partial charge in [-0.25, -0.2) is 9.97 Å². The molecule has 1 aromatic carbocycles. The van der Waals surface area contributed by atoms with Gasteiger partial charge in [-0.3, -0.25) is 4.98 Å². The highest BCUT2D eigenvalue weighted by Crippen LogP contribution is 2.33. The molecule has 0 aliphatic carbocycles. The van der Waals surface area contributed by atoms with E-state index in [0.717, 1.165) is 32.8 Å². The molecule has 1 atom stereocenters. The highest BCUT2D eigenvalue weighted by Gasteiger charge is 2.16. The van der Waals surface area contributed by atoms with Gasteiger partial charge in [-0.15, -0.1) is 11.3 Å². The predicted molar refractivity (Wildman–Crippen MR) is 96.1 cm³/mol. The highest BCUT2D eigenvalue weighted by atomic mass is 35.5. The number of aryl methyl sites for hydroxylation is 2. The number of nitrogens with one attached hydrogen (secondary N) is 1. The third kappa shape index (κ3) is 3.68. The third-order valence-corrected chi connectivity index (χ3v) is 5.08. The Balaban J connectivity index is 1.84. The van der Waals surface area contributed by atoms with Gasteiger partial charge in [0.25, 0.3) is 0 Å². The average Bonchev–Trinajstić information content (AvgIpc) is 2.90. The zero-order chi connectivity index (χ0) is 16.4. The molecule has 2 heterocycles. The van der Waals surface area contributed by atoms with Crippen LogP contribution in [0.4, 0.5) is 5.82 Å². The summed E-state index contributed by atoms with van der Waals surface area (Å²) in [6, 6.07) is 7.88. The summed E-state index contributed by atoms with van der Waals surface area (Å²) < 4.78 is 0. The summed E-state index contributed by atoms with van der Waals surface area (Å²) in [5.74, 6) is 0.776. The van der Waals surface area contributed by atoms with Gasteiger partial charge in [0.2, 0.25) is 0 Å². The monoisotopic (exact) mass is 344 g/mol. The Hall–Kier alpha value is -1.98. The number of thiazole rings is 1. The van der Waals surface area contributed by atoms with Crippen molar-refractivity contribution in [3.63, 3.8) is 0 Å². The second kappa shape index (κ2) is 6.64. The van der Waals surface area contributed by atoms with Gasteiger partial charge < -0.3 is 5.32 Å². The maximum absolute atomic E-state index is 5.95. The van der Waals surface area contributed by atoms with Crippen LogP contribution in [0.2, 0.25) is 5.02 Å². The lowest BCUT2D eigenvalue weighted by molar-refractivity contribution is 0.874. The van der Waals surface area contributed by atoms with Gasteiger partial charge in [-0.2, -0.15) is 0 Å². The van der Waals surface area contributed by atoms with E-state index in [1.54, 1.807) is 23.7 Å². The molecule has 0 saturated carbocycles. The lowest BCUT2D eigenvalue weighted by Crippen LogP contribution is -2.08. The number of halogens is 1. The van der Waals surface area contributed by atoms with E-state index in [-0.39, 0.29) is 6.04 Å². The van der Waals surface area contributed by atoms with Gasteiger partial charge in [-0.1, -0.05) is 23.7 Å². The van der Waals surface area contributed by atoms with Crippen LogP contribution >= 0.6 is 22.9 Å². The number of nitrogens with zero attached hydrogens (tertiary/aromatic N) is 3. The fourth-order valence-corrected chi connectivity index (χ4v) is 3.55. The first kappa shape index (κ1) is 15.9. The Bertz CT molecular complexity index is 814. The average molecular weight is 345 g/mol. The van der Waals surface area contributed by atoms with Crippen LogP contribution in [0.5, 0.6) is 0 Å². The minimum absolute atomic E-state index is 0.115. The Morgan fingerprint density at radius 2 is 1.83 bits per heavy atom. The summed E-state index contributed by atoms with van der Waals surface area (Å²) in [7, 11) is 0. The molecule has 0 saturated heterocycles. The molecule has 2 aromatic heterocycles. The molecule has 3 rings (SSSR count). The Morgan fingerprint density at radius 1 is 1.09 bits per heavy atom. The fraction of sp³-hybridized carbons (Fsp3) is 0.235. The number of benzene rings is 1. The summed E-state index contributed by atoms with van der Waals surface area (Å²) in [6.07, 6.45) is 3.48. The van der Waals surface area contributed by atoms with Crippen molar-refractivity contribution in [2.45, 2.75) is 26.8 Å². The minimum Gasteiger partial charge on any atom is -0.361 e. The smallest absolute Gasteiger partial charge is 0.145 e. The Kier molecular flexibility index (Phi) is 4.59. The van der Waals surface area contributed by atoms with Crippen molar-refractivity contribution in [3.8, 4) is 10.6 Å². The molecule has 0 radical (unpaired) electrons. The van der Waals surface area contributed by atoms with E-state index in [1.165, 1.54) is 4.88 Å². The van der Waals surface area contributed by atoms with Crippen molar-refractivity contribution in [1.29, 1.82) is 0 Å². The number of rotatable bonds is 4. The van der Waals surface area contributed by atoms with Gasteiger partial charge in [0.05, 0.1) is 23.6 Å². The van der Waals surface area contributed by atoms with Crippen molar-refractivity contribution in [2.24, 2.45) is 0 Å². The van der Waals surface area contributed by atoms with E-state index < -0.39 is 0 Å². The summed E-state index contributed by atoms with van der Waals surface area (Å²) in [6.45, 7) is 6.07. The molecule has 0 bridgehead atoms. The van der Waals surface area contributed by atoms with E-state index in [2.05, 4.69) is 22.2 Å². The van der Waals surface area contributed by atoms with Crippen LogP contribution in [-0.4, -0.2) is 15.0 Å². The lowest BCUT2D eigenvalue weighted by Gasteiger charge is -2.13. The van der Waals surface area contributed by atoms with E-state index in [1.807, 2.05) is 38.1 Å². The topological polar surface area (TPSA) is 50.7 Å². The van der Waals surface area contributed by atoms with E-state index in [4.69, 9.17) is 16.6 Å². The first-order valence-corrected chi connectivity index (χ1v) is 8.51. The van der Waals surface area contributed by atoms with Crippen LogP contribution in [-0.2, 0) is 0 Å². The zero-order valence-electron chi connectivity index (χ0n) is 13.2. The molecule has 0 fully saturated rings. The van der Waals surface area contributed by atoms with Gasteiger partial charge in [0.1, 0.15) is 10.8 Å². The molecule has 1 unspecified atom stereocenters. The zero-order valence-corrected chi connectivity index (χ0v) is 14.7. The summed E-state index contributed by atoms with van der Waals surface area (Å²) in [5, 5.41) is 5.12. The number of hydrogen-bond donors (Lipinski definition) is 1. The molecule has 23 heavy (non-hydrogen) atoms. The molecule has 4 nitrogen and oxygen atoms in total. The summed E-state index contributed by atoms with van der Waals surface area (Å²) in [4.78, 5) is 14.5. The first-order chi connectivity index (χ1) is 11.0. The maximum atomic E-state index is 5.95. The van der Waals surface area contributed by atoms with Crippen LogP contribution in [0, 0.1) is 13.8 Å². The van der Waals surface area contributed by atoms with Crippen LogP contribution in [0.3, 0.4) is 0 Å². The molecular formula is C17H17ClN4S. The van der Waals surface area contributed by atoms with Gasteiger partial charge in [0, 0.05) is 21.7 Å². The summed E-state index contributed by atoms with van der Waals surface area (Å²) in [5.41, 5.74) is 3.00. The van der Waals surface area contributed by atoms with Crippen molar-refractivity contribution < 1.29 is 0 Å². The standard InChI is InChI=1S/C17H17ClN4S/c1-10-8-19-9-15(20-10)21-11(2)16-12(3)22-17(23-16)13-4-6-14(18)7-5-13/h4-9,11H,1-3H3,(H,20,21). The molecule has 0 aliphatic heterocycles. The van der Waals surface area contributed by atoms with Crippen LogP contribution in [0.25, 0.3) is 10.6 Å². The quantitative estimate of drug-likeness (QED) is 0.720. The molecule has 0 aliphatic rings. The van der Waals surface area contributed by atoms with Crippen LogP contribution in [0.15, 0.2) is 36.7 Å². The van der Waals surface area contributed by atoms with Gasteiger partial charge >= 0.3 is 0 Å². The van der Waals surface area contributed by atoms with Crippen LogP contribution in [0.1, 0.15) is 29.2 Å². The van der Waals surface area contributed by atoms with E-state index in [0.29, 0.717) is 0 Å². The van der Waals surface area contributed by atoms with Crippen molar-refractivity contribution in [1.82, 2.24) is 15.0 Å². The molecule has 0 amide bonds. The molecule has 1 N–H and O–H groups in total. The van der Waals surface area contributed by atoms with Gasteiger partial charge in [-0.05, 0) is 32.9 Å². The van der Waals surface area contributed by atoms with Gasteiger partial charge in [0.15, 0.2) is 0 Å². The second-order valence-electron chi connectivity index (χ2n) is 5.39. The minimum atomic E-state index is 0.115. The molecule has 3 aromatic rings. The van der Waals surface area contributed by atoms with E-state index >= 15 is 0 Å². The maximum Gasteiger partial charge on any atom is 0.145 e. The summed E-state index contributed by atoms with van der Waals surface area (Å²) >= 11 is 7.63. The predicted octanol–water partition coefficient (Wildman–Crippen LogP) is 5.04. The number of hydrogen-bond acceptors (Lipinski definition) is 5. The SMILES string of the molecule is Cc1cncc(NC(C)c2sc(-c3ccc(Cl)cc3)nc2C)n1. The Morgan fingerprint density at radius 3 is 2.52 bits per heavy atom. The third-order valence-electron chi connectivity index (χ3n) is 3.44. The van der Waals surface area contributed by atoms with Crippen molar-refractivity contribution in [2.75, 3.05) is 5.32 Å². The molecule has 0 spiro atoms. The Labute approximate surface area is 144 Å². The second-order valence-corrected chi connectivity index (χ2v) is 6.85. The first-order valence-electron chi connectivity index (χ1n) is 7.31. The molecule has 118 valence electrons. The van der Waals surface area contributed by atoms with E-state index in [9.17, 15) is 0 Å².